The summed E-state index contributed by atoms with van der Waals surface area (Å²) in [6, 6.07) is 12.8. The first-order chi connectivity index (χ1) is 12.8. The lowest BCUT2D eigenvalue weighted by molar-refractivity contribution is -0.132. The van der Waals surface area contributed by atoms with Gasteiger partial charge in [-0.3, -0.25) is 9.59 Å². The van der Waals surface area contributed by atoms with Crippen LogP contribution >= 0.6 is 0 Å². The van der Waals surface area contributed by atoms with Gasteiger partial charge in [0.15, 0.2) is 5.60 Å². The Bertz CT molecular complexity index is 859. The fraction of sp³-hybridized carbons (Fsp3) is 0.333. The largest absolute Gasteiger partial charge is 0.497 e. The lowest BCUT2D eigenvalue weighted by Crippen LogP contribution is -2.53. The number of amides is 2. The Kier molecular flexibility index (Phi) is 5.08. The molecule has 0 spiro atoms. The summed E-state index contributed by atoms with van der Waals surface area (Å²) in [7, 11) is 1.59. The first-order valence-corrected chi connectivity index (χ1v) is 8.86. The van der Waals surface area contributed by atoms with Gasteiger partial charge < -0.3 is 19.7 Å². The van der Waals surface area contributed by atoms with Crippen LogP contribution in [0.3, 0.4) is 0 Å². The molecular formula is C21H24N2O4. The van der Waals surface area contributed by atoms with Crippen LogP contribution in [0.4, 0.5) is 11.4 Å². The summed E-state index contributed by atoms with van der Waals surface area (Å²) in [5.41, 5.74) is 1.45. The normalized spacial score (nSPS) is 15.0. The Morgan fingerprint density at radius 2 is 1.89 bits per heavy atom. The molecule has 0 fully saturated rings. The van der Waals surface area contributed by atoms with E-state index < -0.39 is 5.60 Å². The van der Waals surface area contributed by atoms with Gasteiger partial charge in [0.05, 0.1) is 12.8 Å². The third-order valence-electron chi connectivity index (χ3n) is 4.47. The molecule has 142 valence electrons. The lowest BCUT2D eigenvalue weighted by atomic mass is 10.0. The van der Waals surface area contributed by atoms with Crippen molar-refractivity contribution in [2.45, 2.75) is 32.8 Å². The number of nitrogens with zero attached hydrogens (tertiary/aromatic N) is 1. The second kappa shape index (κ2) is 7.31. The quantitative estimate of drug-likeness (QED) is 0.877. The molecule has 1 aliphatic rings. The van der Waals surface area contributed by atoms with Crippen molar-refractivity contribution in [2.24, 2.45) is 0 Å². The van der Waals surface area contributed by atoms with Gasteiger partial charge in [0.25, 0.3) is 5.91 Å². The average molecular weight is 368 g/mol. The molecule has 0 bridgehead atoms. The summed E-state index contributed by atoms with van der Waals surface area (Å²) < 4.78 is 10.9. The van der Waals surface area contributed by atoms with E-state index in [4.69, 9.17) is 9.47 Å². The van der Waals surface area contributed by atoms with E-state index in [0.717, 1.165) is 11.3 Å². The van der Waals surface area contributed by atoms with Crippen molar-refractivity contribution in [3.63, 3.8) is 0 Å². The highest BCUT2D eigenvalue weighted by molar-refractivity contribution is 6.03. The zero-order valence-electron chi connectivity index (χ0n) is 16.0. The standard InChI is InChI=1S/C21H24N2O4/c1-14-5-10-18-17(13-14)23(20(25)21(2,3)27-18)12-11-19(24)22-15-6-8-16(26-4)9-7-15/h5-10,13H,11-12H2,1-4H3,(H,22,24). The average Bonchev–Trinajstić information content (AvgIpc) is 2.63. The van der Waals surface area contributed by atoms with Crippen molar-refractivity contribution < 1.29 is 19.1 Å². The van der Waals surface area contributed by atoms with Crippen molar-refractivity contribution >= 4 is 23.2 Å². The van der Waals surface area contributed by atoms with E-state index in [1.807, 2.05) is 25.1 Å². The number of benzene rings is 2. The maximum absolute atomic E-state index is 12.8. The number of carbonyl (C=O) groups is 2. The molecule has 6 heteroatoms. The van der Waals surface area contributed by atoms with E-state index in [1.54, 1.807) is 50.1 Å². The van der Waals surface area contributed by atoms with Crippen LogP contribution in [0.2, 0.25) is 0 Å². The Morgan fingerprint density at radius 3 is 2.56 bits per heavy atom. The van der Waals surface area contributed by atoms with Crippen molar-refractivity contribution in [2.75, 3.05) is 23.9 Å². The highest BCUT2D eigenvalue weighted by Crippen LogP contribution is 2.38. The summed E-state index contributed by atoms with van der Waals surface area (Å²) in [6.45, 7) is 5.72. The molecule has 1 N–H and O–H groups in total. The number of hydrogen-bond acceptors (Lipinski definition) is 4. The maximum atomic E-state index is 12.8. The first kappa shape index (κ1) is 18.8. The summed E-state index contributed by atoms with van der Waals surface area (Å²) in [4.78, 5) is 26.8. The van der Waals surface area contributed by atoms with Gasteiger partial charge in [0.1, 0.15) is 11.5 Å². The molecule has 2 amide bonds. The van der Waals surface area contributed by atoms with E-state index in [2.05, 4.69) is 5.32 Å². The lowest BCUT2D eigenvalue weighted by Gasteiger charge is -2.38. The topological polar surface area (TPSA) is 67.9 Å². The minimum absolute atomic E-state index is 0.155. The maximum Gasteiger partial charge on any atom is 0.270 e. The van der Waals surface area contributed by atoms with Gasteiger partial charge >= 0.3 is 0 Å². The van der Waals surface area contributed by atoms with Crippen LogP contribution in [-0.2, 0) is 9.59 Å². The van der Waals surface area contributed by atoms with Crippen LogP contribution in [0.1, 0.15) is 25.8 Å². The molecule has 0 saturated carbocycles. The third-order valence-corrected chi connectivity index (χ3v) is 4.47. The van der Waals surface area contributed by atoms with E-state index in [1.165, 1.54) is 0 Å². The molecule has 2 aromatic carbocycles. The molecule has 3 rings (SSSR count). The van der Waals surface area contributed by atoms with Crippen LogP contribution in [0.15, 0.2) is 42.5 Å². The molecule has 0 atom stereocenters. The van der Waals surface area contributed by atoms with Gasteiger partial charge in [-0.05, 0) is 62.7 Å². The molecule has 1 aliphatic heterocycles. The fourth-order valence-corrected chi connectivity index (χ4v) is 3.01. The van der Waals surface area contributed by atoms with E-state index >= 15 is 0 Å². The van der Waals surface area contributed by atoms with Gasteiger partial charge in [-0.25, -0.2) is 0 Å². The second-order valence-electron chi connectivity index (χ2n) is 7.07. The monoisotopic (exact) mass is 368 g/mol. The number of hydrogen-bond donors (Lipinski definition) is 1. The molecule has 6 nitrogen and oxygen atoms in total. The van der Waals surface area contributed by atoms with Crippen LogP contribution in [0.5, 0.6) is 11.5 Å². The number of fused-ring (bicyclic) bond motifs is 1. The van der Waals surface area contributed by atoms with Crippen LogP contribution in [-0.4, -0.2) is 31.1 Å². The number of aryl methyl sites for hydroxylation is 1. The van der Waals surface area contributed by atoms with Gasteiger partial charge in [0, 0.05) is 18.7 Å². The van der Waals surface area contributed by atoms with Crippen LogP contribution in [0.25, 0.3) is 0 Å². The Labute approximate surface area is 159 Å². The summed E-state index contributed by atoms with van der Waals surface area (Å²) in [5.74, 6) is 1.06. The number of rotatable bonds is 5. The van der Waals surface area contributed by atoms with Gasteiger partial charge in [-0.1, -0.05) is 6.07 Å². The highest BCUT2D eigenvalue weighted by Gasteiger charge is 2.40. The molecule has 1 heterocycles. The van der Waals surface area contributed by atoms with Gasteiger partial charge in [0.2, 0.25) is 5.91 Å². The Morgan fingerprint density at radius 1 is 1.19 bits per heavy atom. The zero-order valence-corrected chi connectivity index (χ0v) is 16.0. The molecule has 0 unspecified atom stereocenters. The molecule has 2 aromatic rings. The number of ether oxygens (including phenoxy) is 2. The van der Waals surface area contributed by atoms with Gasteiger partial charge in [-0.2, -0.15) is 0 Å². The van der Waals surface area contributed by atoms with Crippen molar-refractivity contribution in [1.82, 2.24) is 0 Å². The van der Waals surface area contributed by atoms with Crippen molar-refractivity contribution in [1.29, 1.82) is 0 Å². The number of nitrogens with one attached hydrogen (secondary N) is 1. The second-order valence-corrected chi connectivity index (χ2v) is 7.07. The molecule has 0 radical (unpaired) electrons. The summed E-state index contributed by atoms with van der Waals surface area (Å²) in [5, 5.41) is 2.84. The molecule has 0 saturated heterocycles. The van der Waals surface area contributed by atoms with Crippen LogP contribution in [0, 0.1) is 6.92 Å². The number of anilines is 2. The Balaban J connectivity index is 1.71. The van der Waals surface area contributed by atoms with Crippen LogP contribution < -0.4 is 19.7 Å². The zero-order chi connectivity index (χ0) is 19.6. The molecular weight excluding hydrogens is 344 g/mol. The van der Waals surface area contributed by atoms with Gasteiger partial charge in [-0.15, -0.1) is 0 Å². The van der Waals surface area contributed by atoms with E-state index in [9.17, 15) is 9.59 Å². The molecule has 0 aliphatic carbocycles. The predicted octanol–water partition coefficient (Wildman–Crippen LogP) is 3.54. The predicted molar refractivity (Wildman–Crippen MR) is 104 cm³/mol. The molecule has 27 heavy (non-hydrogen) atoms. The fourth-order valence-electron chi connectivity index (χ4n) is 3.01. The highest BCUT2D eigenvalue weighted by atomic mass is 16.5. The first-order valence-electron chi connectivity index (χ1n) is 8.86. The minimum atomic E-state index is -0.964. The minimum Gasteiger partial charge on any atom is -0.497 e. The van der Waals surface area contributed by atoms with E-state index in [-0.39, 0.29) is 24.8 Å². The summed E-state index contributed by atoms with van der Waals surface area (Å²) >= 11 is 0. The summed E-state index contributed by atoms with van der Waals surface area (Å²) in [6.07, 6.45) is 0.182. The van der Waals surface area contributed by atoms with Crippen molar-refractivity contribution in [3.05, 3.63) is 48.0 Å². The smallest absolute Gasteiger partial charge is 0.270 e. The number of methoxy groups -OCH3 is 1. The third kappa shape index (κ3) is 4.05. The SMILES string of the molecule is COc1ccc(NC(=O)CCN2C(=O)C(C)(C)Oc3ccc(C)cc32)cc1. The van der Waals surface area contributed by atoms with Crippen molar-refractivity contribution in [3.8, 4) is 11.5 Å². The Hall–Kier alpha value is -3.02. The molecule has 0 aromatic heterocycles. The van der Waals surface area contributed by atoms with E-state index in [0.29, 0.717) is 17.1 Å². The number of carbonyl (C=O) groups excluding carboxylic acids is 2.